The molecule has 1 N–H and O–H groups in total. The minimum atomic E-state index is -0.543. The van der Waals surface area contributed by atoms with E-state index in [-0.39, 0.29) is 0 Å². The molecular formula is C14H26O. The Morgan fingerprint density at radius 3 is 2.13 bits per heavy atom. The van der Waals surface area contributed by atoms with Crippen molar-refractivity contribution in [2.24, 2.45) is 5.92 Å². The molecule has 0 saturated carbocycles. The van der Waals surface area contributed by atoms with Gasteiger partial charge in [-0.05, 0) is 52.4 Å². The van der Waals surface area contributed by atoms with Gasteiger partial charge in [0.05, 0.1) is 5.60 Å². The second-order valence-electron chi connectivity index (χ2n) is 4.75. The molecule has 0 aromatic carbocycles. The van der Waals surface area contributed by atoms with Crippen LogP contribution in [0.15, 0.2) is 24.3 Å². The number of unbranched alkanes of at least 4 members (excludes halogenated alkanes) is 1. The summed E-state index contributed by atoms with van der Waals surface area (Å²) in [5.74, 6) is 0.359. The van der Waals surface area contributed by atoms with Crippen LogP contribution >= 0.6 is 0 Å². The average Bonchev–Trinajstić information content (AvgIpc) is 2.14. The highest BCUT2D eigenvalue weighted by Gasteiger charge is 2.20. The molecule has 0 bridgehead atoms. The summed E-state index contributed by atoms with van der Waals surface area (Å²) in [5.41, 5.74) is -0.543. The number of aliphatic hydroxyl groups is 1. The summed E-state index contributed by atoms with van der Waals surface area (Å²) in [6, 6.07) is 0. The molecule has 0 radical (unpaired) electrons. The van der Waals surface area contributed by atoms with Gasteiger partial charge in [-0.1, -0.05) is 31.2 Å². The van der Waals surface area contributed by atoms with E-state index >= 15 is 0 Å². The molecule has 15 heavy (non-hydrogen) atoms. The van der Waals surface area contributed by atoms with Crippen LogP contribution in [0.25, 0.3) is 0 Å². The van der Waals surface area contributed by atoms with E-state index in [4.69, 9.17) is 0 Å². The third-order valence-electron chi connectivity index (χ3n) is 2.87. The van der Waals surface area contributed by atoms with Crippen molar-refractivity contribution < 1.29 is 5.11 Å². The molecule has 1 heteroatoms. The summed E-state index contributed by atoms with van der Waals surface area (Å²) in [7, 11) is 0. The van der Waals surface area contributed by atoms with Crippen molar-refractivity contribution in [3.63, 3.8) is 0 Å². The number of rotatable bonds is 7. The molecule has 0 fully saturated rings. The summed E-state index contributed by atoms with van der Waals surface area (Å²) in [6.07, 6.45) is 13.1. The van der Waals surface area contributed by atoms with E-state index in [1.54, 1.807) is 0 Å². The van der Waals surface area contributed by atoms with E-state index in [1.165, 1.54) is 0 Å². The van der Waals surface area contributed by atoms with Crippen LogP contribution < -0.4 is 0 Å². The Bertz CT molecular complexity index is 196. The molecule has 0 aliphatic rings. The lowest BCUT2D eigenvalue weighted by atomic mass is 9.89. The lowest BCUT2D eigenvalue weighted by Crippen LogP contribution is -2.28. The second-order valence-corrected chi connectivity index (χ2v) is 4.75. The summed E-state index contributed by atoms with van der Waals surface area (Å²) in [4.78, 5) is 0. The molecule has 0 amide bonds. The van der Waals surface area contributed by atoms with E-state index in [0.717, 1.165) is 25.7 Å². The molecule has 0 aliphatic carbocycles. The molecule has 0 aromatic rings. The fraction of sp³-hybridized carbons (Fsp3) is 0.714. The lowest BCUT2D eigenvalue weighted by molar-refractivity contribution is 0.0218. The van der Waals surface area contributed by atoms with E-state index in [9.17, 15) is 5.11 Å². The average molecular weight is 210 g/mol. The van der Waals surface area contributed by atoms with Crippen LogP contribution in [0.1, 0.15) is 53.4 Å². The van der Waals surface area contributed by atoms with Gasteiger partial charge >= 0.3 is 0 Å². The quantitative estimate of drug-likeness (QED) is 0.496. The largest absolute Gasteiger partial charge is 0.390 e. The van der Waals surface area contributed by atoms with Gasteiger partial charge in [0, 0.05) is 0 Å². The Balaban J connectivity index is 3.53. The highest BCUT2D eigenvalue weighted by atomic mass is 16.3. The molecule has 0 heterocycles. The molecule has 0 aromatic heterocycles. The Morgan fingerprint density at radius 2 is 1.60 bits per heavy atom. The minimum Gasteiger partial charge on any atom is -0.390 e. The smallest absolute Gasteiger partial charge is 0.0617 e. The van der Waals surface area contributed by atoms with Gasteiger partial charge in [-0.3, -0.25) is 0 Å². The summed E-state index contributed by atoms with van der Waals surface area (Å²) < 4.78 is 0. The molecule has 1 nitrogen and oxygen atoms in total. The number of allylic oxidation sites excluding steroid dienone is 4. The summed E-state index contributed by atoms with van der Waals surface area (Å²) in [5, 5.41) is 9.73. The van der Waals surface area contributed by atoms with Crippen LogP contribution in [0.3, 0.4) is 0 Å². The van der Waals surface area contributed by atoms with E-state index in [0.29, 0.717) is 5.92 Å². The Labute approximate surface area is 94.9 Å². The standard InChI is InChI=1S/C14H26O/c1-5-6-7-8-9-10-11-12-13(2)14(3,4)15/h5-6,9-10,13,15H,7-8,11-12H2,1-4H3. The molecular weight excluding hydrogens is 184 g/mol. The highest BCUT2D eigenvalue weighted by Crippen LogP contribution is 2.20. The van der Waals surface area contributed by atoms with Gasteiger partial charge in [0.2, 0.25) is 0 Å². The highest BCUT2D eigenvalue weighted by molar-refractivity contribution is 4.87. The zero-order valence-corrected chi connectivity index (χ0v) is 10.7. The molecule has 1 atom stereocenters. The zero-order valence-electron chi connectivity index (χ0n) is 10.7. The fourth-order valence-corrected chi connectivity index (χ4v) is 1.29. The Hall–Kier alpha value is -0.560. The first-order chi connectivity index (χ1) is 6.98. The van der Waals surface area contributed by atoms with E-state index in [2.05, 4.69) is 38.2 Å². The van der Waals surface area contributed by atoms with Crippen LogP contribution in [0, 0.1) is 5.92 Å². The Morgan fingerprint density at radius 1 is 1.07 bits per heavy atom. The molecule has 1 unspecified atom stereocenters. The van der Waals surface area contributed by atoms with Gasteiger partial charge in [0.15, 0.2) is 0 Å². The zero-order chi connectivity index (χ0) is 11.7. The van der Waals surface area contributed by atoms with E-state index < -0.39 is 5.60 Å². The van der Waals surface area contributed by atoms with Crippen molar-refractivity contribution >= 4 is 0 Å². The van der Waals surface area contributed by atoms with Gasteiger partial charge in [-0.25, -0.2) is 0 Å². The second kappa shape index (κ2) is 7.70. The maximum absolute atomic E-state index is 9.73. The van der Waals surface area contributed by atoms with Crippen LogP contribution in [-0.2, 0) is 0 Å². The maximum Gasteiger partial charge on any atom is 0.0617 e. The predicted octanol–water partition coefficient (Wildman–Crippen LogP) is 4.09. The summed E-state index contributed by atoms with van der Waals surface area (Å²) in [6.45, 7) is 7.92. The summed E-state index contributed by atoms with van der Waals surface area (Å²) >= 11 is 0. The SMILES string of the molecule is CC=CCCC=CCCC(C)C(C)(C)O. The number of hydrogen-bond donors (Lipinski definition) is 1. The van der Waals surface area contributed by atoms with Crippen molar-refractivity contribution in [2.75, 3.05) is 0 Å². The van der Waals surface area contributed by atoms with E-state index in [1.807, 2.05) is 13.8 Å². The van der Waals surface area contributed by atoms with Crippen molar-refractivity contribution in [3.05, 3.63) is 24.3 Å². The lowest BCUT2D eigenvalue weighted by Gasteiger charge is -2.25. The van der Waals surface area contributed by atoms with Gasteiger partial charge in [0.1, 0.15) is 0 Å². The first kappa shape index (κ1) is 14.4. The first-order valence-corrected chi connectivity index (χ1v) is 5.97. The minimum absolute atomic E-state index is 0.359. The molecule has 0 aliphatic heterocycles. The van der Waals surface area contributed by atoms with Crippen molar-refractivity contribution in [1.29, 1.82) is 0 Å². The maximum atomic E-state index is 9.73. The normalized spacial score (nSPS) is 15.3. The topological polar surface area (TPSA) is 20.2 Å². The first-order valence-electron chi connectivity index (χ1n) is 5.97. The molecule has 88 valence electrons. The molecule has 0 rings (SSSR count). The van der Waals surface area contributed by atoms with Crippen molar-refractivity contribution in [3.8, 4) is 0 Å². The fourth-order valence-electron chi connectivity index (χ4n) is 1.29. The van der Waals surface area contributed by atoms with Gasteiger partial charge < -0.3 is 5.11 Å². The van der Waals surface area contributed by atoms with Crippen molar-refractivity contribution in [1.82, 2.24) is 0 Å². The van der Waals surface area contributed by atoms with Gasteiger partial charge in [0.25, 0.3) is 0 Å². The van der Waals surface area contributed by atoms with Crippen molar-refractivity contribution in [2.45, 2.75) is 59.0 Å². The Kier molecular flexibility index (Phi) is 7.41. The number of hydrogen-bond acceptors (Lipinski definition) is 1. The van der Waals surface area contributed by atoms with Crippen LogP contribution in [0.4, 0.5) is 0 Å². The monoisotopic (exact) mass is 210 g/mol. The van der Waals surface area contributed by atoms with Gasteiger partial charge in [-0.2, -0.15) is 0 Å². The molecule has 0 saturated heterocycles. The van der Waals surface area contributed by atoms with Crippen LogP contribution in [-0.4, -0.2) is 10.7 Å². The predicted molar refractivity (Wildman–Crippen MR) is 67.9 cm³/mol. The van der Waals surface area contributed by atoms with Crippen LogP contribution in [0.5, 0.6) is 0 Å². The third kappa shape index (κ3) is 8.44. The molecule has 0 spiro atoms. The third-order valence-corrected chi connectivity index (χ3v) is 2.87. The van der Waals surface area contributed by atoms with Crippen LogP contribution in [0.2, 0.25) is 0 Å². The van der Waals surface area contributed by atoms with Gasteiger partial charge in [-0.15, -0.1) is 0 Å².